The van der Waals surface area contributed by atoms with E-state index < -0.39 is 0 Å². The zero-order chi connectivity index (χ0) is 16.7. The lowest BCUT2D eigenvalue weighted by molar-refractivity contribution is -0.150. The lowest BCUT2D eigenvalue weighted by Crippen LogP contribution is -2.46. The lowest BCUT2D eigenvalue weighted by Gasteiger charge is -2.36. The molecule has 134 valence electrons. The molecule has 0 spiro atoms. The molecule has 5 heteroatoms. The molecule has 1 atom stereocenters. The molecule has 5 nitrogen and oxygen atoms in total. The molecule has 1 aliphatic heterocycles. The van der Waals surface area contributed by atoms with Gasteiger partial charge in [-0.2, -0.15) is 0 Å². The number of nitrogens with zero attached hydrogens (tertiary/aromatic N) is 2. The number of hydrogen-bond acceptors (Lipinski definition) is 5. The van der Waals surface area contributed by atoms with E-state index in [4.69, 9.17) is 9.47 Å². The predicted octanol–water partition coefficient (Wildman–Crippen LogP) is 2.50. The van der Waals surface area contributed by atoms with Gasteiger partial charge >= 0.3 is 5.97 Å². The van der Waals surface area contributed by atoms with Gasteiger partial charge in [-0.25, -0.2) is 0 Å². The van der Waals surface area contributed by atoms with Gasteiger partial charge in [0.2, 0.25) is 0 Å². The molecule has 0 radical (unpaired) electrons. The van der Waals surface area contributed by atoms with Crippen molar-refractivity contribution in [2.24, 2.45) is 5.92 Å². The number of likely N-dealkylation sites (tertiary alicyclic amines) is 1. The molecule has 2 rings (SSSR count). The Labute approximate surface area is 141 Å². The Kier molecular flexibility index (Phi) is 7.80. The average Bonchev–Trinajstić information content (AvgIpc) is 3.13. The highest BCUT2D eigenvalue weighted by Gasteiger charge is 2.31. The molecule has 0 amide bonds. The van der Waals surface area contributed by atoms with Gasteiger partial charge in [-0.15, -0.1) is 0 Å². The maximum atomic E-state index is 11.7. The van der Waals surface area contributed by atoms with E-state index in [0.717, 1.165) is 58.4 Å². The zero-order valence-corrected chi connectivity index (χ0v) is 15.1. The molecule has 1 saturated carbocycles. The molecule has 0 aromatic heterocycles. The van der Waals surface area contributed by atoms with Gasteiger partial charge in [-0.05, 0) is 51.6 Å². The van der Waals surface area contributed by atoms with Crippen molar-refractivity contribution in [3.63, 3.8) is 0 Å². The van der Waals surface area contributed by atoms with Crippen molar-refractivity contribution in [3.05, 3.63) is 0 Å². The van der Waals surface area contributed by atoms with Crippen LogP contribution in [0.4, 0.5) is 0 Å². The van der Waals surface area contributed by atoms with Gasteiger partial charge in [-0.1, -0.05) is 13.8 Å². The molecule has 23 heavy (non-hydrogen) atoms. The largest absolute Gasteiger partial charge is 0.469 e. The lowest BCUT2D eigenvalue weighted by atomic mass is 9.87. The molecule has 1 heterocycles. The zero-order valence-electron chi connectivity index (χ0n) is 15.1. The highest BCUT2D eigenvalue weighted by atomic mass is 16.5. The summed E-state index contributed by atoms with van der Waals surface area (Å²) in [6.07, 6.45) is 6.81. The summed E-state index contributed by atoms with van der Waals surface area (Å²) in [5.41, 5.74) is 0. The smallest absolute Gasteiger partial charge is 0.308 e. The topological polar surface area (TPSA) is 42.0 Å². The number of likely N-dealkylation sites (N-methyl/N-ethyl adjacent to an activating group) is 1. The standard InChI is InChI=1S/C18H34N2O3/c1-4-19(5-2)14-17(20-12-6-7-13-20)23-16-10-8-15(9-11-16)18(21)22-3/h15-17H,4-14H2,1-3H3. The second-order valence-corrected chi connectivity index (χ2v) is 6.82. The Balaban J connectivity index is 1.86. The van der Waals surface area contributed by atoms with Crippen molar-refractivity contribution in [2.75, 3.05) is 39.8 Å². The molecule has 2 fully saturated rings. The van der Waals surface area contributed by atoms with Crippen LogP contribution in [-0.2, 0) is 14.3 Å². The van der Waals surface area contributed by atoms with Gasteiger partial charge in [0, 0.05) is 19.6 Å². The molecular formula is C18H34N2O3. The Bertz CT molecular complexity index is 346. The van der Waals surface area contributed by atoms with E-state index >= 15 is 0 Å². The molecule has 0 aromatic carbocycles. The van der Waals surface area contributed by atoms with E-state index in [0.29, 0.717) is 0 Å². The fourth-order valence-corrected chi connectivity index (χ4v) is 3.80. The van der Waals surface area contributed by atoms with Crippen molar-refractivity contribution in [3.8, 4) is 0 Å². The quantitative estimate of drug-likeness (QED) is 0.641. The van der Waals surface area contributed by atoms with Gasteiger partial charge in [0.05, 0.1) is 19.1 Å². The summed E-state index contributed by atoms with van der Waals surface area (Å²) < 4.78 is 11.4. The van der Waals surface area contributed by atoms with E-state index in [2.05, 4.69) is 23.6 Å². The maximum Gasteiger partial charge on any atom is 0.308 e. The van der Waals surface area contributed by atoms with E-state index in [1.54, 1.807) is 0 Å². The number of rotatable bonds is 8. The Hall–Kier alpha value is -0.650. The predicted molar refractivity (Wildman–Crippen MR) is 91.2 cm³/mol. The number of carbonyl (C=O) groups excluding carboxylic acids is 1. The third-order valence-corrected chi connectivity index (χ3v) is 5.41. The van der Waals surface area contributed by atoms with Gasteiger partial charge in [0.25, 0.3) is 0 Å². The minimum absolute atomic E-state index is 0.0531. The first kappa shape index (κ1) is 18.7. The van der Waals surface area contributed by atoms with Crippen molar-refractivity contribution < 1.29 is 14.3 Å². The summed E-state index contributed by atoms with van der Waals surface area (Å²) >= 11 is 0. The number of esters is 1. The molecule has 1 saturated heterocycles. The van der Waals surface area contributed by atoms with Crippen molar-refractivity contribution in [1.29, 1.82) is 0 Å². The third kappa shape index (κ3) is 5.44. The highest BCUT2D eigenvalue weighted by Crippen LogP contribution is 2.29. The van der Waals surface area contributed by atoms with E-state index in [1.807, 2.05) is 0 Å². The van der Waals surface area contributed by atoms with Crippen LogP contribution in [0.3, 0.4) is 0 Å². The molecule has 0 N–H and O–H groups in total. The summed E-state index contributed by atoms with van der Waals surface area (Å²) in [5.74, 6) is 0.0237. The fraction of sp³-hybridized carbons (Fsp3) is 0.944. The minimum Gasteiger partial charge on any atom is -0.469 e. The van der Waals surface area contributed by atoms with Crippen LogP contribution in [0.5, 0.6) is 0 Å². The first-order chi connectivity index (χ1) is 11.2. The van der Waals surface area contributed by atoms with Crippen LogP contribution in [0.15, 0.2) is 0 Å². The van der Waals surface area contributed by atoms with Crippen LogP contribution in [0.1, 0.15) is 52.4 Å². The van der Waals surface area contributed by atoms with E-state index in [1.165, 1.54) is 20.0 Å². The molecule has 1 aliphatic carbocycles. The van der Waals surface area contributed by atoms with Gasteiger partial charge < -0.3 is 9.47 Å². The molecule has 1 unspecified atom stereocenters. The number of ether oxygens (including phenoxy) is 2. The van der Waals surface area contributed by atoms with E-state index in [-0.39, 0.29) is 24.2 Å². The Morgan fingerprint density at radius 1 is 1.13 bits per heavy atom. The van der Waals surface area contributed by atoms with Crippen LogP contribution in [0.2, 0.25) is 0 Å². The number of methoxy groups -OCH3 is 1. The normalized spacial score (nSPS) is 27.3. The van der Waals surface area contributed by atoms with Crippen molar-refractivity contribution in [2.45, 2.75) is 64.7 Å². The molecule has 0 aromatic rings. The summed E-state index contributed by atoms with van der Waals surface area (Å²) in [4.78, 5) is 16.6. The molecule has 2 aliphatic rings. The second kappa shape index (κ2) is 9.60. The van der Waals surface area contributed by atoms with Crippen LogP contribution in [-0.4, -0.2) is 67.9 Å². The number of hydrogen-bond donors (Lipinski definition) is 0. The SMILES string of the molecule is CCN(CC)CC(OC1CCC(C(=O)OC)CC1)N1CCCC1. The Morgan fingerprint density at radius 2 is 1.74 bits per heavy atom. The first-order valence-electron chi connectivity index (χ1n) is 9.37. The molecular weight excluding hydrogens is 292 g/mol. The van der Waals surface area contributed by atoms with Crippen LogP contribution in [0.25, 0.3) is 0 Å². The van der Waals surface area contributed by atoms with Gasteiger partial charge in [-0.3, -0.25) is 14.6 Å². The average molecular weight is 326 g/mol. The monoisotopic (exact) mass is 326 g/mol. The summed E-state index contributed by atoms with van der Waals surface area (Å²) in [6.45, 7) is 9.87. The third-order valence-electron chi connectivity index (χ3n) is 5.41. The minimum atomic E-state index is -0.0531. The van der Waals surface area contributed by atoms with Crippen molar-refractivity contribution in [1.82, 2.24) is 9.80 Å². The highest BCUT2D eigenvalue weighted by molar-refractivity contribution is 5.72. The summed E-state index contributed by atoms with van der Waals surface area (Å²) in [6, 6.07) is 0. The maximum absolute atomic E-state index is 11.7. The summed E-state index contributed by atoms with van der Waals surface area (Å²) in [5, 5.41) is 0. The summed E-state index contributed by atoms with van der Waals surface area (Å²) in [7, 11) is 1.48. The molecule has 0 bridgehead atoms. The van der Waals surface area contributed by atoms with Crippen molar-refractivity contribution >= 4 is 5.97 Å². The fourth-order valence-electron chi connectivity index (χ4n) is 3.80. The number of carbonyl (C=O) groups is 1. The van der Waals surface area contributed by atoms with Crippen LogP contribution < -0.4 is 0 Å². The Morgan fingerprint density at radius 3 is 2.26 bits per heavy atom. The van der Waals surface area contributed by atoms with Gasteiger partial charge in [0.15, 0.2) is 0 Å². The van der Waals surface area contributed by atoms with Gasteiger partial charge in [0.1, 0.15) is 6.23 Å². The first-order valence-corrected chi connectivity index (χ1v) is 9.37. The van der Waals surface area contributed by atoms with E-state index in [9.17, 15) is 4.79 Å². The van der Waals surface area contributed by atoms with Crippen LogP contribution >= 0.6 is 0 Å². The second-order valence-electron chi connectivity index (χ2n) is 6.82. The van der Waals surface area contributed by atoms with Crippen LogP contribution in [0, 0.1) is 5.92 Å².